The molecule has 39 heavy (non-hydrogen) atoms. The van der Waals surface area contributed by atoms with E-state index in [0.717, 1.165) is 23.4 Å². The molecule has 0 fully saturated rings. The third kappa shape index (κ3) is 6.15. The number of hydrogen-bond donors (Lipinski definition) is 2. The second-order valence-electron chi connectivity index (χ2n) is 8.58. The summed E-state index contributed by atoms with van der Waals surface area (Å²) in [6.07, 6.45) is 10.7. The van der Waals surface area contributed by atoms with Crippen LogP contribution in [-0.2, 0) is 0 Å². The first-order valence-electron chi connectivity index (χ1n) is 11.8. The Balaban J connectivity index is 1.30. The lowest BCUT2D eigenvalue weighted by Crippen LogP contribution is -2.23. The van der Waals surface area contributed by atoms with E-state index in [-0.39, 0.29) is 11.5 Å². The molecule has 2 N–H and O–H groups in total. The second-order valence-corrected chi connectivity index (χ2v) is 10.4. The SMILES string of the molecule is N#Cc1c(-c2ccc(-n3ccnc3)cc2)nc(SCC2=CCCC(NC(=O)c3ccc(Cl)c(Cl)c3)=C2)[nH]c1=O. The van der Waals surface area contributed by atoms with Crippen LogP contribution in [-0.4, -0.2) is 31.2 Å². The number of carbonyl (C=O) groups is 1. The summed E-state index contributed by atoms with van der Waals surface area (Å²) in [6, 6.07) is 14.1. The first kappa shape index (κ1) is 26.5. The van der Waals surface area contributed by atoms with Crippen LogP contribution in [0.25, 0.3) is 16.9 Å². The number of nitrogens with zero attached hydrogens (tertiary/aromatic N) is 4. The summed E-state index contributed by atoms with van der Waals surface area (Å²) in [5, 5.41) is 13.6. The van der Waals surface area contributed by atoms with E-state index >= 15 is 0 Å². The van der Waals surface area contributed by atoms with Gasteiger partial charge < -0.3 is 14.9 Å². The summed E-state index contributed by atoms with van der Waals surface area (Å²) in [6.45, 7) is 0. The van der Waals surface area contributed by atoms with Crippen molar-refractivity contribution in [2.24, 2.45) is 0 Å². The maximum absolute atomic E-state index is 12.7. The van der Waals surface area contributed by atoms with Gasteiger partial charge in [-0.25, -0.2) is 9.97 Å². The molecule has 0 unspecified atom stereocenters. The number of amides is 1. The fourth-order valence-electron chi connectivity index (χ4n) is 4.01. The number of aromatic amines is 1. The fraction of sp³-hybridized carbons (Fsp3) is 0.107. The summed E-state index contributed by atoms with van der Waals surface area (Å²) in [7, 11) is 0. The Hall–Kier alpha value is -4.10. The van der Waals surface area contributed by atoms with E-state index in [1.54, 1.807) is 24.7 Å². The zero-order valence-electron chi connectivity index (χ0n) is 20.3. The molecule has 2 aromatic heterocycles. The zero-order valence-corrected chi connectivity index (χ0v) is 22.6. The van der Waals surface area contributed by atoms with Crippen molar-refractivity contribution in [1.82, 2.24) is 24.8 Å². The minimum atomic E-state index is -0.494. The van der Waals surface area contributed by atoms with Gasteiger partial charge in [0.2, 0.25) is 0 Å². The molecule has 1 aliphatic rings. The number of rotatable bonds is 7. The van der Waals surface area contributed by atoms with E-state index < -0.39 is 5.56 Å². The highest BCUT2D eigenvalue weighted by molar-refractivity contribution is 7.99. The van der Waals surface area contributed by atoms with Crippen LogP contribution in [0.5, 0.6) is 0 Å². The third-order valence-corrected chi connectivity index (χ3v) is 7.65. The number of H-pyrrole nitrogens is 1. The number of hydrogen-bond acceptors (Lipinski definition) is 6. The molecule has 0 saturated carbocycles. The van der Waals surface area contributed by atoms with Crippen LogP contribution in [0, 0.1) is 11.3 Å². The maximum atomic E-state index is 12.7. The Kier molecular flexibility index (Phi) is 7.98. The van der Waals surface area contributed by atoms with Gasteiger partial charge in [0.05, 0.1) is 22.1 Å². The topological polar surface area (TPSA) is 116 Å². The van der Waals surface area contributed by atoms with Gasteiger partial charge in [-0.1, -0.05) is 53.2 Å². The van der Waals surface area contributed by atoms with Crippen molar-refractivity contribution >= 4 is 40.9 Å². The lowest BCUT2D eigenvalue weighted by molar-refractivity contribution is 0.0964. The predicted octanol–water partition coefficient (Wildman–Crippen LogP) is 5.93. The molecule has 0 saturated heterocycles. The summed E-state index contributed by atoms with van der Waals surface area (Å²) in [5.41, 5.74) is 3.52. The highest BCUT2D eigenvalue weighted by Crippen LogP contribution is 2.27. The number of allylic oxidation sites excluding steroid dienone is 3. The molecule has 8 nitrogen and oxygen atoms in total. The zero-order chi connectivity index (χ0) is 27.4. The van der Waals surface area contributed by atoms with Gasteiger partial charge >= 0.3 is 0 Å². The third-order valence-electron chi connectivity index (χ3n) is 5.96. The summed E-state index contributed by atoms with van der Waals surface area (Å²) < 4.78 is 1.86. The molecule has 5 rings (SSSR count). The Morgan fingerprint density at radius 2 is 2.00 bits per heavy atom. The minimum absolute atomic E-state index is 0.0428. The summed E-state index contributed by atoms with van der Waals surface area (Å²) in [5.74, 6) is 0.246. The standard InChI is InChI=1S/C28H20Cl2N6O2S/c29-23-9-6-19(13-24(23)30)26(37)33-20-3-1-2-17(12-20)15-39-28-34-25(22(14-31)27(38)35-28)18-4-7-21(8-5-18)36-11-10-32-16-36/h2,4-13,16H,1,3,15H2,(H,33,37)(H,34,35,38). The van der Waals surface area contributed by atoms with Crippen LogP contribution in [0.4, 0.5) is 0 Å². The Bertz CT molecular complexity index is 1700. The lowest BCUT2D eigenvalue weighted by atomic mass is 10.0. The summed E-state index contributed by atoms with van der Waals surface area (Å²) >= 11 is 13.3. The molecular weight excluding hydrogens is 555 g/mol. The monoisotopic (exact) mass is 574 g/mol. The molecule has 2 aromatic carbocycles. The second kappa shape index (κ2) is 11.7. The van der Waals surface area contributed by atoms with Gasteiger partial charge in [0.15, 0.2) is 5.16 Å². The van der Waals surface area contributed by atoms with Gasteiger partial charge in [-0.15, -0.1) is 0 Å². The normalized spacial score (nSPS) is 12.8. The van der Waals surface area contributed by atoms with Crippen LogP contribution in [0.3, 0.4) is 0 Å². The van der Waals surface area contributed by atoms with Crippen molar-refractivity contribution in [2.45, 2.75) is 18.0 Å². The number of carbonyl (C=O) groups excluding carboxylic acids is 1. The molecule has 0 radical (unpaired) electrons. The fourth-order valence-corrected chi connectivity index (χ4v) is 5.13. The number of benzene rings is 2. The van der Waals surface area contributed by atoms with Gasteiger partial charge in [0.25, 0.3) is 11.5 Å². The first-order chi connectivity index (χ1) is 18.9. The van der Waals surface area contributed by atoms with Crippen LogP contribution < -0.4 is 10.9 Å². The largest absolute Gasteiger partial charge is 0.326 e. The molecule has 4 aromatic rings. The molecule has 1 amide bonds. The highest BCUT2D eigenvalue weighted by atomic mass is 35.5. The van der Waals surface area contributed by atoms with Crippen LogP contribution >= 0.6 is 35.0 Å². The molecule has 0 bridgehead atoms. The maximum Gasteiger partial charge on any atom is 0.270 e. The van der Waals surface area contributed by atoms with E-state index in [2.05, 4.69) is 26.3 Å². The van der Waals surface area contributed by atoms with Crippen molar-refractivity contribution in [2.75, 3.05) is 5.75 Å². The van der Waals surface area contributed by atoms with Gasteiger partial charge in [0, 0.05) is 40.7 Å². The van der Waals surface area contributed by atoms with Gasteiger partial charge in [-0.05, 0) is 54.8 Å². The van der Waals surface area contributed by atoms with Crippen LogP contribution in [0.2, 0.25) is 10.0 Å². The number of nitriles is 1. The van der Waals surface area contributed by atoms with Crippen molar-refractivity contribution in [1.29, 1.82) is 5.26 Å². The Morgan fingerprint density at radius 3 is 2.72 bits per heavy atom. The van der Waals surface area contributed by atoms with E-state index in [9.17, 15) is 14.9 Å². The quantitative estimate of drug-likeness (QED) is 0.209. The first-order valence-corrected chi connectivity index (χ1v) is 13.6. The predicted molar refractivity (Wildman–Crippen MR) is 152 cm³/mol. The average molecular weight is 575 g/mol. The number of thioether (sulfide) groups is 1. The Morgan fingerprint density at radius 1 is 1.18 bits per heavy atom. The van der Waals surface area contributed by atoms with Crippen molar-refractivity contribution in [3.05, 3.63) is 116 Å². The molecule has 1 aliphatic carbocycles. The smallest absolute Gasteiger partial charge is 0.270 e. The van der Waals surface area contributed by atoms with Crippen molar-refractivity contribution < 1.29 is 4.79 Å². The van der Waals surface area contributed by atoms with Crippen LogP contribution in [0.1, 0.15) is 28.8 Å². The number of aromatic nitrogens is 4. The van der Waals surface area contributed by atoms with Gasteiger partial charge in [-0.3, -0.25) is 9.59 Å². The van der Waals surface area contributed by atoms with Crippen molar-refractivity contribution in [3.63, 3.8) is 0 Å². The lowest BCUT2D eigenvalue weighted by Gasteiger charge is -2.15. The summed E-state index contributed by atoms with van der Waals surface area (Å²) in [4.78, 5) is 36.7. The molecule has 0 aliphatic heterocycles. The Labute approximate surface area is 238 Å². The number of imidazole rings is 1. The van der Waals surface area contributed by atoms with Gasteiger partial charge in [-0.2, -0.15) is 5.26 Å². The van der Waals surface area contributed by atoms with E-state index in [4.69, 9.17) is 23.2 Å². The van der Waals surface area contributed by atoms with Crippen molar-refractivity contribution in [3.8, 4) is 23.0 Å². The molecule has 0 atom stereocenters. The molecule has 11 heteroatoms. The molecule has 2 heterocycles. The van der Waals surface area contributed by atoms with E-state index in [1.165, 1.54) is 17.8 Å². The highest BCUT2D eigenvalue weighted by Gasteiger charge is 2.16. The van der Waals surface area contributed by atoms with Gasteiger partial charge in [0.1, 0.15) is 11.6 Å². The molecule has 0 spiro atoms. The van der Waals surface area contributed by atoms with Crippen LogP contribution in [0.15, 0.2) is 94.6 Å². The molecule has 194 valence electrons. The number of halogens is 2. The van der Waals surface area contributed by atoms with E-state index in [0.29, 0.717) is 44.2 Å². The molecular formula is C28H20Cl2N6O2S. The average Bonchev–Trinajstić information content (AvgIpc) is 3.49. The minimum Gasteiger partial charge on any atom is -0.326 e. The number of nitrogens with one attached hydrogen (secondary N) is 2. The van der Waals surface area contributed by atoms with E-state index in [1.807, 2.05) is 47.2 Å².